The second-order valence-electron chi connectivity index (χ2n) is 6.56. The van der Waals surface area contributed by atoms with Gasteiger partial charge in [-0.2, -0.15) is 4.39 Å². The van der Waals surface area contributed by atoms with E-state index < -0.39 is 17.4 Å². The van der Waals surface area contributed by atoms with Gasteiger partial charge in [0.05, 0.1) is 16.8 Å². The number of amides is 1. The van der Waals surface area contributed by atoms with Crippen molar-refractivity contribution in [1.82, 2.24) is 20.3 Å². The fourth-order valence-corrected chi connectivity index (χ4v) is 3.01. The molecule has 132 valence electrons. The van der Waals surface area contributed by atoms with Gasteiger partial charge in [-0.3, -0.25) is 9.59 Å². The first-order valence-corrected chi connectivity index (χ1v) is 8.49. The van der Waals surface area contributed by atoms with Crippen LogP contribution in [0.1, 0.15) is 60.5 Å². The number of nitrogens with zero attached hydrogens (tertiary/aromatic N) is 2. The lowest BCUT2D eigenvalue weighted by molar-refractivity contribution is 0.0896. The highest BCUT2D eigenvalue weighted by molar-refractivity contribution is 5.94. The lowest BCUT2D eigenvalue weighted by atomic mass is 9.94. The molecule has 1 atom stereocenters. The molecule has 2 aromatic rings. The molecule has 0 aliphatic heterocycles. The van der Waals surface area contributed by atoms with E-state index in [2.05, 4.69) is 20.3 Å². The second-order valence-corrected chi connectivity index (χ2v) is 6.56. The van der Waals surface area contributed by atoms with Crippen LogP contribution in [0.15, 0.2) is 23.1 Å². The molecule has 2 aromatic heterocycles. The van der Waals surface area contributed by atoms with Crippen LogP contribution < -0.4 is 10.9 Å². The minimum atomic E-state index is -0.836. The second kappa shape index (κ2) is 6.74. The number of aromatic nitrogens is 3. The minimum Gasteiger partial charge on any atom is -0.340 e. The predicted octanol–water partition coefficient (Wildman–Crippen LogP) is 2.24. The Labute approximate surface area is 144 Å². The van der Waals surface area contributed by atoms with E-state index in [1.807, 2.05) is 13.8 Å². The van der Waals surface area contributed by atoms with Crippen LogP contribution in [0.5, 0.6) is 0 Å². The van der Waals surface area contributed by atoms with Gasteiger partial charge in [-0.25, -0.2) is 9.97 Å². The number of pyridine rings is 1. The molecule has 25 heavy (non-hydrogen) atoms. The smallest absolute Gasteiger partial charge is 0.254 e. The van der Waals surface area contributed by atoms with Crippen molar-refractivity contribution in [1.29, 1.82) is 0 Å². The normalized spacial score (nSPS) is 16.0. The Balaban J connectivity index is 1.92. The Bertz CT molecular complexity index is 847. The highest BCUT2D eigenvalue weighted by atomic mass is 19.1. The first-order valence-electron chi connectivity index (χ1n) is 8.49. The number of hydrogen-bond acceptors (Lipinski definition) is 4. The van der Waals surface area contributed by atoms with Crippen LogP contribution in [-0.4, -0.2) is 20.9 Å². The van der Waals surface area contributed by atoms with Crippen molar-refractivity contribution in [2.75, 3.05) is 0 Å². The van der Waals surface area contributed by atoms with Crippen LogP contribution in [0.4, 0.5) is 4.39 Å². The van der Waals surface area contributed by atoms with Gasteiger partial charge in [-0.15, -0.1) is 0 Å². The lowest BCUT2D eigenvalue weighted by Crippen LogP contribution is -2.46. The highest BCUT2D eigenvalue weighted by Crippen LogP contribution is 2.24. The van der Waals surface area contributed by atoms with Gasteiger partial charge in [0, 0.05) is 11.8 Å². The van der Waals surface area contributed by atoms with E-state index in [0.717, 1.165) is 43.0 Å². The molecule has 0 saturated heterocycles. The van der Waals surface area contributed by atoms with E-state index in [0.29, 0.717) is 12.2 Å². The SMILES string of the molecule is CCC(C)(NC(=O)c1ccc(F)nc1)c1nc2c(c(=O)[nH]1)CCCC2. The summed E-state index contributed by atoms with van der Waals surface area (Å²) in [5.74, 6) is -0.586. The zero-order valence-corrected chi connectivity index (χ0v) is 14.4. The monoisotopic (exact) mass is 344 g/mol. The largest absolute Gasteiger partial charge is 0.340 e. The molecule has 0 saturated carbocycles. The average molecular weight is 344 g/mol. The van der Waals surface area contributed by atoms with E-state index in [-0.39, 0.29) is 11.1 Å². The predicted molar refractivity (Wildman–Crippen MR) is 90.8 cm³/mol. The Morgan fingerprint density at radius 2 is 2.12 bits per heavy atom. The van der Waals surface area contributed by atoms with Crippen molar-refractivity contribution < 1.29 is 9.18 Å². The Morgan fingerprint density at radius 1 is 1.36 bits per heavy atom. The van der Waals surface area contributed by atoms with Gasteiger partial charge in [0.2, 0.25) is 5.95 Å². The Hall–Kier alpha value is -2.57. The van der Waals surface area contributed by atoms with Gasteiger partial charge in [0.1, 0.15) is 5.82 Å². The van der Waals surface area contributed by atoms with Crippen LogP contribution in [0.3, 0.4) is 0 Å². The van der Waals surface area contributed by atoms with Crippen LogP contribution in [0, 0.1) is 5.95 Å². The summed E-state index contributed by atoms with van der Waals surface area (Å²) in [6.45, 7) is 3.72. The lowest BCUT2D eigenvalue weighted by Gasteiger charge is -2.29. The summed E-state index contributed by atoms with van der Waals surface area (Å²) in [7, 11) is 0. The average Bonchev–Trinajstić information content (AvgIpc) is 2.62. The zero-order valence-electron chi connectivity index (χ0n) is 14.4. The van der Waals surface area contributed by atoms with Crippen LogP contribution in [-0.2, 0) is 18.4 Å². The molecule has 0 spiro atoms. The summed E-state index contributed by atoms with van der Waals surface area (Å²) in [6.07, 6.45) is 5.25. The molecule has 6 nitrogen and oxygen atoms in total. The first kappa shape index (κ1) is 17.3. The highest BCUT2D eigenvalue weighted by Gasteiger charge is 2.31. The van der Waals surface area contributed by atoms with Gasteiger partial charge in [0.15, 0.2) is 0 Å². The first-order chi connectivity index (χ1) is 11.9. The summed E-state index contributed by atoms with van der Waals surface area (Å²) in [4.78, 5) is 35.8. The molecule has 1 amide bonds. The van der Waals surface area contributed by atoms with Gasteiger partial charge in [0.25, 0.3) is 11.5 Å². The third kappa shape index (κ3) is 3.45. The number of nitrogens with one attached hydrogen (secondary N) is 2. The third-order valence-electron chi connectivity index (χ3n) is 4.80. The van der Waals surface area contributed by atoms with Crippen LogP contribution in [0.2, 0.25) is 0 Å². The third-order valence-corrected chi connectivity index (χ3v) is 4.80. The van der Waals surface area contributed by atoms with Gasteiger partial charge in [-0.05, 0) is 51.2 Å². The maximum atomic E-state index is 12.9. The molecular weight excluding hydrogens is 323 g/mol. The maximum absolute atomic E-state index is 12.9. The molecule has 0 fully saturated rings. The molecule has 0 aromatic carbocycles. The number of carbonyl (C=O) groups excluding carboxylic acids is 1. The van der Waals surface area contributed by atoms with Crippen molar-refractivity contribution in [3.05, 3.63) is 57.3 Å². The number of aryl methyl sites for hydroxylation is 1. The van der Waals surface area contributed by atoms with Crippen LogP contribution >= 0.6 is 0 Å². The molecule has 2 heterocycles. The summed E-state index contributed by atoms with van der Waals surface area (Å²) in [6, 6.07) is 2.51. The topological polar surface area (TPSA) is 87.7 Å². The summed E-state index contributed by atoms with van der Waals surface area (Å²) in [5.41, 5.74) is 0.861. The zero-order chi connectivity index (χ0) is 18.0. The number of carbonyl (C=O) groups is 1. The fourth-order valence-electron chi connectivity index (χ4n) is 3.01. The van der Waals surface area contributed by atoms with Crippen molar-refractivity contribution in [2.24, 2.45) is 0 Å². The number of aromatic amines is 1. The Kier molecular flexibility index (Phi) is 4.65. The van der Waals surface area contributed by atoms with E-state index in [9.17, 15) is 14.0 Å². The van der Waals surface area contributed by atoms with Crippen molar-refractivity contribution in [3.63, 3.8) is 0 Å². The molecule has 2 N–H and O–H groups in total. The van der Waals surface area contributed by atoms with E-state index in [1.54, 1.807) is 0 Å². The molecular formula is C18H21FN4O2. The van der Waals surface area contributed by atoms with Crippen molar-refractivity contribution >= 4 is 5.91 Å². The number of hydrogen-bond donors (Lipinski definition) is 2. The molecule has 0 radical (unpaired) electrons. The van der Waals surface area contributed by atoms with Gasteiger partial charge < -0.3 is 10.3 Å². The minimum absolute atomic E-state index is 0.128. The summed E-state index contributed by atoms with van der Waals surface area (Å²) >= 11 is 0. The van der Waals surface area contributed by atoms with Gasteiger partial charge >= 0.3 is 0 Å². The number of halogens is 1. The Morgan fingerprint density at radius 3 is 2.80 bits per heavy atom. The van der Waals surface area contributed by atoms with Gasteiger partial charge in [-0.1, -0.05) is 6.92 Å². The standard InChI is InChI=1S/C18H21FN4O2/c1-3-18(2,23-15(24)11-8-9-14(19)20-10-11)17-21-13-7-5-4-6-12(13)16(25)22-17/h8-10H,3-7H2,1-2H3,(H,23,24)(H,21,22,25). The quantitative estimate of drug-likeness (QED) is 0.833. The van der Waals surface area contributed by atoms with Crippen molar-refractivity contribution in [3.8, 4) is 0 Å². The molecule has 0 bridgehead atoms. The summed E-state index contributed by atoms with van der Waals surface area (Å²) in [5, 5.41) is 2.90. The maximum Gasteiger partial charge on any atom is 0.254 e. The molecule has 1 aliphatic rings. The fraction of sp³-hybridized carbons (Fsp3) is 0.444. The summed E-state index contributed by atoms with van der Waals surface area (Å²) < 4.78 is 12.9. The molecule has 7 heteroatoms. The van der Waals surface area contributed by atoms with Crippen LogP contribution in [0.25, 0.3) is 0 Å². The van der Waals surface area contributed by atoms with E-state index >= 15 is 0 Å². The number of rotatable bonds is 4. The molecule has 3 rings (SSSR count). The van der Waals surface area contributed by atoms with Crippen molar-refractivity contribution in [2.45, 2.75) is 51.5 Å². The van der Waals surface area contributed by atoms with E-state index in [1.165, 1.54) is 12.3 Å². The molecule has 1 aliphatic carbocycles. The number of H-pyrrole nitrogens is 1. The number of fused-ring (bicyclic) bond motifs is 1. The molecule has 1 unspecified atom stereocenters. The van der Waals surface area contributed by atoms with E-state index in [4.69, 9.17) is 0 Å².